The van der Waals surface area contributed by atoms with Gasteiger partial charge in [0.25, 0.3) is 0 Å². The zero-order valence-corrected chi connectivity index (χ0v) is 13.8. The summed E-state index contributed by atoms with van der Waals surface area (Å²) in [4.78, 5) is 27.0. The van der Waals surface area contributed by atoms with E-state index in [4.69, 9.17) is 0 Å². The van der Waals surface area contributed by atoms with Gasteiger partial charge >= 0.3 is 0 Å². The topological polar surface area (TPSA) is 49.4 Å². The summed E-state index contributed by atoms with van der Waals surface area (Å²) >= 11 is 1.66. The van der Waals surface area contributed by atoms with Crippen molar-refractivity contribution in [3.63, 3.8) is 0 Å². The fraction of sp³-hybridized carbons (Fsp3) is 0.625. The summed E-state index contributed by atoms with van der Waals surface area (Å²) < 4.78 is 0. The van der Waals surface area contributed by atoms with Gasteiger partial charge in [0.2, 0.25) is 11.8 Å². The van der Waals surface area contributed by atoms with Crippen molar-refractivity contribution < 1.29 is 9.59 Å². The molecule has 4 nitrogen and oxygen atoms in total. The van der Waals surface area contributed by atoms with Crippen molar-refractivity contribution in [3.8, 4) is 0 Å². The molecule has 1 N–H and O–H groups in total. The second-order valence-electron chi connectivity index (χ2n) is 5.81. The number of thiophene rings is 1. The first-order chi connectivity index (χ1) is 10.0. The lowest BCUT2D eigenvalue weighted by Gasteiger charge is -2.46. The first kappa shape index (κ1) is 16.0. The van der Waals surface area contributed by atoms with Gasteiger partial charge in [-0.3, -0.25) is 9.59 Å². The molecule has 0 spiro atoms. The number of carbonyl (C=O) groups excluding carboxylic acids is 2. The molecule has 0 saturated carbocycles. The predicted octanol–water partition coefficient (Wildman–Crippen LogP) is 2.59. The molecule has 1 aliphatic heterocycles. The molecule has 1 saturated heterocycles. The minimum absolute atomic E-state index is 0.0200. The Morgan fingerprint density at radius 3 is 2.71 bits per heavy atom. The molecule has 1 aliphatic rings. The van der Waals surface area contributed by atoms with Crippen LogP contribution >= 0.6 is 11.3 Å². The summed E-state index contributed by atoms with van der Waals surface area (Å²) in [5.41, 5.74) is 0.501. The van der Waals surface area contributed by atoms with Crippen molar-refractivity contribution in [1.82, 2.24) is 10.2 Å². The molecule has 0 aromatic carbocycles. The second-order valence-corrected chi connectivity index (χ2v) is 6.59. The first-order valence-corrected chi connectivity index (χ1v) is 8.60. The van der Waals surface area contributed by atoms with Gasteiger partial charge in [0.05, 0.1) is 0 Å². The molecule has 5 heteroatoms. The van der Waals surface area contributed by atoms with E-state index in [9.17, 15) is 9.59 Å². The number of hydrogen-bond donors (Lipinski definition) is 1. The van der Waals surface area contributed by atoms with E-state index in [1.165, 1.54) is 5.56 Å². The van der Waals surface area contributed by atoms with E-state index in [0.29, 0.717) is 19.4 Å². The van der Waals surface area contributed by atoms with Gasteiger partial charge in [-0.1, -0.05) is 20.3 Å². The Labute approximate surface area is 130 Å². The normalized spacial score (nSPS) is 26.0. The standard InChI is InChI=1S/C16H24N2O2S/c1-4-6-13-14(19)18(9-7-12-8-10-21-11-12)16(3,5-2)15(20)17-13/h8,10-11,13H,4-7,9H2,1-3H3,(H,17,20). The molecule has 0 aliphatic carbocycles. The fourth-order valence-electron chi connectivity index (χ4n) is 2.80. The van der Waals surface area contributed by atoms with Crippen molar-refractivity contribution in [2.24, 2.45) is 0 Å². The Hall–Kier alpha value is -1.36. The van der Waals surface area contributed by atoms with Crippen molar-refractivity contribution in [3.05, 3.63) is 22.4 Å². The van der Waals surface area contributed by atoms with E-state index >= 15 is 0 Å². The van der Waals surface area contributed by atoms with Gasteiger partial charge in [-0.2, -0.15) is 11.3 Å². The highest BCUT2D eigenvalue weighted by Crippen LogP contribution is 2.26. The van der Waals surface area contributed by atoms with Crippen LogP contribution in [0.25, 0.3) is 0 Å². The molecule has 0 bridgehead atoms. The van der Waals surface area contributed by atoms with Gasteiger partial charge in [0.15, 0.2) is 0 Å². The van der Waals surface area contributed by atoms with E-state index in [2.05, 4.69) is 16.8 Å². The van der Waals surface area contributed by atoms with Crippen molar-refractivity contribution in [1.29, 1.82) is 0 Å². The summed E-state index contributed by atoms with van der Waals surface area (Å²) in [6.07, 6.45) is 3.03. The van der Waals surface area contributed by atoms with E-state index in [-0.39, 0.29) is 17.9 Å². The maximum Gasteiger partial charge on any atom is 0.246 e. The number of carbonyl (C=O) groups is 2. The maximum atomic E-state index is 12.7. The zero-order chi connectivity index (χ0) is 15.5. The number of nitrogens with one attached hydrogen (secondary N) is 1. The third-order valence-electron chi connectivity index (χ3n) is 4.42. The van der Waals surface area contributed by atoms with E-state index in [1.54, 1.807) is 16.2 Å². The molecule has 2 atom stereocenters. The lowest BCUT2D eigenvalue weighted by atomic mass is 9.89. The Balaban J connectivity index is 2.17. The fourth-order valence-corrected chi connectivity index (χ4v) is 3.50. The third kappa shape index (κ3) is 3.12. The molecule has 116 valence electrons. The number of nitrogens with zero attached hydrogens (tertiary/aromatic N) is 1. The van der Waals surface area contributed by atoms with Gasteiger partial charge < -0.3 is 10.2 Å². The maximum absolute atomic E-state index is 12.7. The summed E-state index contributed by atoms with van der Waals surface area (Å²) in [7, 11) is 0. The molecular formula is C16H24N2O2S. The monoisotopic (exact) mass is 308 g/mol. The van der Waals surface area contributed by atoms with E-state index in [0.717, 1.165) is 12.8 Å². The molecule has 1 aromatic heterocycles. The lowest BCUT2D eigenvalue weighted by molar-refractivity contribution is -0.156. The number of amides is 2. The van der Waals surface area contributed by atoms with Crippen LogP contribution in [0.15, 0.2) is 16.8 Å². The molecule has 1 fully saturated rings. The summed E-state index contributed by atoms with van der Waals surface area (Å²) in [6, 6.07) is 1.72. The highest BCUT2D eigenvalue weighted by Gasteiger charge is 2.47. The van der Waals surface area contributed by atoms with Crippen LogP contribution in [-0.4, -0.2) is 34.8 Å². The van der Waals surface area contributed by atoms with Crippen molar-refractivity contribution >= 4 is 23.2 Å². The highest BCUT2D eigenvalue weighted by molar-refractivity contribution is 7.07. The smallest absolute Gasteiger partial charge is 0.246 e. The van der Waals surface area contributed by atoms with Crippen molar-refractivity contribution in [2.45, 2.75) is 58.0 Å². The summed E-state index contributed by atoms with van der Waals surface area (Å²) in [6.45, 7) is 6.47. The SMILES string of the molecule is CCCC1NC(=O)C(C)(CC)N(CCc2ccsc2)C1=O. The molecule has 1 aromatic rings. The van der Waals surface area contributed by atoms with Crippen LogP contribution in [-0.2, 0) is 16.0 Å². The number of rotatable bonds is 6. The third-order valence-corrected chi connectivity index (χ3v) is 5.16. The van der Waals surface area contributed by atoms with Crippen LogP contribution in [0.5, 0.6) is 0 Å². The Morgan fingerprint density at radius 1 is 1.38 bits per heavy atom. The minimum Gasteiger partial charge on any atom is -0.342 e. The van der Waals surface area contributed by atoms with E-state index < -0.39 is 5.54 Å². The van der Waals surface area contributed by atoms with Gasteiger partial charge in [0.1, 0.15) is 11.6 Å². The van der Waals surface area contributed by atoms with Gasteiger partial charge in [0, 0.05) is 6.54 Å². The van der Waals surface area contributed by atoms with Crippen LogP contribution in [0.4, 0.5) is 0 Å². The summed E-state index contributed by atoms with van der Waals surface area (Å²) in [5.74, 6) is 0.0457. The van der Waals surface area contributed by atoms with E-state index in [1.807, 2.05) is 26.2 Å². The largest absolute Gasteiger partial charge is 0.342 e. The molecule has 21 heavy (non-hydrogen) atoms. The molecule has 0 radical (unpaired) electrons. The van der Waals surface area contributed by atoms with Gasteiger partial charge in [-0.25, -0.2) is 0 Å². The van der Waals surface area contributed by atoms with Crippen LogP contribution in [0.2, 0.25) is 0 Å². The quantitative estimate of drug-likeness (QED) is 0.878. The summed E-state index contributed by atoms with van der Waals surface area (Å²) in [5, 5.41) is 7.04. The van der Waals surface area contributed by atoms with Crippen LogP contribution in [0.3, 0.4) is 0 Å². The average Bonchev–Trinajstić information content (AvgIpc) is 2.98. The van der Waals surface area contributed by atoms with Crippen LogP contribution < -0.4 is 5.32 Å². The predicted molar refractivity (Wildman–Crippen MR) is 85.3 cm³/mol. The van der Waals surface area contributed by atoms with Crippen LogP contribution in [0, 0.1) is 0 Å². The van der Waals surface area contributed by atoms with Crippen molar-refractivity contribution in [2.75, 3.05) is 6.54 Å². The second kappa shape index (κ2) is 6.60. The number of hydrogen-bond acceptors (Lipinski definition) is 3. The Bertz CT molecular complexity index is 500. The number of piperazine rings is 1. The molecule has 2 amide bonds. The lowest BCUT2D eigenvalue weighted by Crippen LogP contribution is -2.69. The highest BCUT2D eigenvalue weighted by atomic mass is 32.1. The van der Waals surface area contributed by atoms with Gasteiger partial charge in [-0.05, 0) is 48.6 Å². The van der Waals surface area contributed by atoms with Gasteiger partial charge in [-0.15, -0.1) is 0 Å². The minimum atomic E-state index is -0.725. The Kier molecular flexibility index (Phi) is 5.04. The van der Waals surface area contributed by atoms with Crippen LogP contribution in [0.1, 0.15) is 45.6 Å². The Morgan fingerprint density at radius 2 is 2.14 bits per heavy atom. The molecule has 2 heterocycles. The average molecular weight is 308 g/mol. The molecule has 2 unspecified atom stereocenters. The zero-order valence-electron chi connectivity index (χ0n) is 13.0. The molecular weight excluding hydrogens is 284 g/mol. The first-order valence-electron chi connectivity index (χ1n) is 7.66. The molecule has 2 rings (SSSR count).